The number of ketones is 1. The Morgan fingerprint density at radius 2 is 1.92 bits per heavy atom. The molecule has 1 aromatic heterocycles. The number of hydrogen-bond donors (Lipinski definition) is 0. The van der Waals surface area contributed by atoms with E-state index in [1.54, 1.807) is 22.9 Å². The second-order valence-corrected chi connectivity index (χ2v) is 5.46. The molecule has 0 aliphatic carbocycles. The number of carbonyl (C=O) groups excluding carboxylic acids is 2. The van der Waals surface area contributed by atoms with Gasteiger partial charge in [0.05, 0.1) is 18.2 Å². The van der Waals surface area contributed by atoms with Crippen LogP contribution < -0.4 is 4.74 Å². The van der Waals surface area contributed by atoms with Gasteiger partial charge in [-0.25, -0.2) is 13.9 Å². The van der Waals surface area contributed by atoms with E-state index in [1.165, 1.54) is 19.2 Å². The van der Waals surface area contributed by atoms with Crippen molar-refractivity contribution in [2.24, 2.45) is 0 Å². The summed E-state index contributed by atoms with van der Waals surface area (Å²) in [4.78, 5) is 24.2. The summed E-state index contributed by atoms with van der Waals surface area (Å²) in [6.45, 7) is 2.10. The molecule has 0 saturated heterocycles. The largest absolute Gasteiger partial charge is 0.494 e. The second kappa shape index (κ2) is 7.30. The maximum Gasteiger partial charge on any atom is 0.338 e. The Balaban J connectivity index is 1.68. The van der Waals surface area contributed by atoms with Gasteiger partial charge in [-0.2, -0.15) is 0 Å². The Morgan fingerprint density at radius 3 is 2.62 bits per heavy atom. The summed E-state index contributed by atoms with van der Waals surface area (Å²) in [5, 5.41) is 7.95. The monoisotopic (exact) mass is 357 g/mol. The second-order valence-electron chi connectivity index (χ2n) is 5.46. The Hall–Kier alpha value is -3.29. The first kappa shape index (κ1) is 17.5. The van der Waals surface area contributed by atoms with Gasteiger partial charge >= 0.3 is 5.97 Å². The van der Waals surface area contributed by atoms with Crippen molar-refractivity contribution < 1.29 is 23.5 Å². The number of aryl methyl sites for hydroxylation is 1. The van der Waals surface area contributed by atoms with E-state index in [9.17, 15) is 14.0 Å². The van der Waals surface area contributed by atoms with Crippen LogP contribution in [0.15, 0.2) is 36.4 Å². The molecule has 0 N–H and O–H groups in total. The number of aromatic nitrogens is 3. The third-order valence-electron chi connectivity index (χ3n) is 3.86. The van der Waals surface area contributed by atoms with Gasteiger partial charge in [-0.05, 0) is 43.3 Å². The number of rotatable bonds is 6. The number of esters is 1. The van der Waals surface area contributed by atoms with Crippen molar-refractivity contribution in [1.29, 1.82) is 0 Å². The van der Waals surface area contributed by atoms with Crippen LogP contribution in [0.4, 0.5) is 4.39 Å². The Morgan fingerprint density at radius 1 is 1.15 bits per heavy atom. The Kier molecular flexibility index (Phi) is 4.92. The zero-order valence-corrected chi connectivity index (χ0v) is 14.2. The van der Waals surface area contributed by atoms with Gasteiger partial charge in [0.2, 0.25) is 0 Å². The standard InChI is InChI=1S/C18H16FN3O4/c1-3-22-15-6-4-12(9-14(15)20-21-22)18(24)26-10-16(23)11-5-7-17(25-2)13(19)8-11/h4-9H,3,10H2,1-2H3. The molecule has 0 unspecified atom stereocenters. The minimum absolute atomic E-state index is 0.0342. The van der Waals surface area contributed by atoms with Gasteiger partial charge < -0.3 is 9.47 Å². The zero-order valence-electron chi connectivity index (χ0n) is 14.2. The quantitative estimate of drug-likeness (QED) is 0.498. The lowest BCUT2D eigenvalue weighted by Crippen LogP contribution is -2.14. The number of benzene rings is 2. The molecule has 2 aromatic carbocycles. The predicted octanol–water partition coefficient (Wildman–Crippen LogP) is 2.64. The fraction of sp³-hybridized carbons (Fsp3) is 0.222. The summed E-state index contributed by atoms with van der Waals surface area (Å²) in [6.07, 6.45) is 0. The average Bonchev–Trinajstić information content (AvgIpc) is 3.08. The lowest BCUT2D eigenvalue weighted by Gasteiger charge is -2.06. The third-order valence-corrected chi connectivity index (χ3v) is 3.86. The van der Waals surface area contributed by atoms with Gasteiger partial charge in [-0.15, -0.1) is 5.10 Å². The van der Waals surface area contributed by atoms with E-state index >= 15 is 0 Å². The van der Waals surface area contributed by atoms with Crippen molar-refractivity contribution in [3.8, 4) is 5.75 Å². The fourth-order valence-corrected chi connectivity index (χ4v) is 2.47. The number of halogens is 1. The Bertz CT molecular complexity index is 984. The van der Waals surface area contributed by atoms with Gasteiger partial charge in [-0.1, -0.05) is 5.21 Å². The first-order valence-electron chi connectivity index (χ1n) is 7.90. The van der Waals surface area contributed by atoms with Gasteiger partial charge in [0.1, 0.15) is 5.52 Å². The maximum atomic E-state index is 13.7. The molecular weight excluding hydrogens is 341 g/mol. The molecule has 3 aromatic rings. The number of fused-ring (bicyclic) bond motifs is 1. The molecule has 0 aliphatic heterocycles. The molecule has 0 atom stereocenters. The summed E-state index contributed by atoms with van der Waals surface area (Å²) in [6, 6.07) is 8.65. The number of nitrogens with zero attached hydrogens (tertiary/aromatic N) is 3. The summed E-state index contributed by atoms with van der Waals surface area (Å²) in [7, 11) is 1.33. The van der Waals surface area contributed by atoms with Crippen LogP contribution in [0.25, 0.3) is 11.0 Å². The summed E-state index contributed by atoms with van der Waals surface area (Å²) in [5.74, 6) is -1.81. The molecule has 3 rings (SSSR count). The van der Waals surface area contributed by atoms with E-state index in [0.717, 1.165) is 11.6 Å². The minimum atomic E-state index is -0.666. The summed E-state index contributed by atoms with van der Waals surface area (Å²) in [5.41, 5.74) is 1.71. The number of ether oxygens (including phenoxy) is 2. The molecule has 0 radical (unpaired) electrons. The van der Waals surface area contributed by atoms with Crippen LogP contribution in [0.5, 0.6) is 5.75 Å². The van der Waals surface area contributed by atoms with Crippen LogP contribution in [0, 0.1) is 5.82 Å². The van der Waals surface area contributed by atoms with Crippen LogP contribution in [0.3, 0.4) is 0 Å². The first-order chi connectivity index (χ1) is 12.5. The van der Waals surface area contributed by atoms with E-state index in [2.05, 4.69) is 10.3 Å². The SMILES string of the molecule is CCn1nnc2cc(C(=O)OCC(=O)c3ccc(OC)c(F)c3)ccc21. The third kappa shape index (κ3) is 3.39. The molecule has 0 amide bonds. The summed E-state index contributed by atoms with van der Waals surface area (Å²) >= 11 is 0. The van der Waals surface area contributed by atoms with E-state index < -0.39 is 24.2 Å². The van der Waals surface area contributed by atoms with E-state index in [0.29, 0.717) is 12.1 Å². The van der Waals surface area contributed by atoms with E-state index in [4.69, 9.17) is 9.47 Å². The Labute approximate surface area is 148 Å². The average molecular weight is 357 g/mol. The van der Waals surface area contributed by atoms with Gasteiger partial charge in [-0.3, -0.25) is 4.79 Å². The fourth-order valence-electron chi connectivity index (χ4n) is 2.47. The van der Waals surface area contributed by atoms with Crippen LogP contribution in [0.1, 0.15) is 27.6 Å². The molecule has 26 heavy (non-hydrogen) atoms. The molecule has 0 fully saturated rings. The van der Waals surface area contributed by atoms with Crippen LogP contribution in [-0.2, 0) is 11.3 Å². The number of carbonyl (C=O) groups is 2. The topological polar surface area (TPSA) is 83.3 Å². The molecule has 7 nitrogen and oxygen atoms in total. The van der Waals surface area contributed by atoms with Crippen molar-refractivity contribution in [3.05, 3.63) is 53.3 Å². The van der Waals surface area contributed by atoms with Crippen LogP contribution >= 0.6 is 0 Å². The molecular formula is C18H16FN3O4. The van der Waals surface area contributed by atoms with Gasteiger partial charge in [0.25, 0.3) is 0 Å². The number of methoxy groups -OCH3 is 1. The van der Waals surface area contributed by atoms with Crippen molar-refractivity contribution in [2.45, 2.75) is 13.5 Å². The number of Topliss-reactive ketones (excluding diaryl/α,β-unsaturated/α-hetero) is 1. The highest BCUT2D eigenvalue weighted by Crippen LogP contribution is 2.18. The molecule has 0 saturated carbocycles. The zero-order chi connectivity index (χ0) is 18.7. The minimum Gasteiger partial charge on any atom is -0.494 e. The van der Waals surface area contributed by atoms with Crippen LogP contribution in [-0.4, -0.2) is 40.5 Å². The van der Waals surface area contributed by atoms with E-state index in [-0.39, 0.29) is 16.9 Å². The highest BCUT2D eigenvalue weighted by atomic mass is 19.1. The molecule has 0 aliphatic rings. The normalized spacial score (nSPS) is 10.7. The first-order valence-corrected chi connectivity index (χ1v) is 7.90. The van der Waals surface area contributed by atoms with Crippen molar-refractivity contribution in [3.63, 3.8) is 0 Å². The lowest BCUT2D eigenvalue weighted by molar-refractivity contribution is 0.0475. The van der Waals surface area contributed by atoms with Gasteiger partial charge in [0, 0.05) is 12.1 Å². The van der Waals surface area contributed by atoms with Crippen LogP contribution in [0.2, 0.25) is 0 Å². The highest BCUT2D eigenvalue weighted by Gasteiger charge is 2.15. The predicted molar refractivity (Wildman–Crippen MR) is 90.8 cm³/mol. The number of hydrogen-bond acceptors (Lipinski definition) is 6. The van der Waals surface area contributed by atoms with Crippen molar-refractivity contribution in [2.75, 3.05) is 13.7 Å². The lowest BCUT2D eigenvalue weighted by atomic mass is 10.1. The summed E-state index contributed by atoms with van der Waals surface area (Å²) < 4.78 is 25.2. The van der Waals surface area contributed by atoms with Crippen molar-refractivity contribution >= 4 is 22.8 Å². The van der Waals surface area contributed by atoms with Crippen molar-refractivity contribution in [1.82, 2.24) is 15.0 Å². The van der Waals surface area contributed by atoms with Gasteiger partial charge in [0.15, 0.2) is 24.0 Å². The molecule has 0 bridgehead atoms. The smallest absolute Gasteiger partial charge is 0.338 e. The maximum absolute atomic E-state index is 13.7. The molecule has 8 heteroatoms. The molecule has 134 valence electrons. The molecule has 0 spiro atoms. The van der Waals surface area contributed by atoms with E-state index in [1.807, 2.05) is 6.92 Å². The molecule has 1 heterocycles. The highest BCUT2D eigenvalue weighted by molar-refractivity contribution is 6.00.